The Morgan fingerprint density at radius 1 is 1.25 bits per heavy atom. The van der Waals surface area contributed by atoms with Gasteiger partial charge in [0, 0.05) is 45.0 Å². The molecule has 0 amide bonds. The SMILES string of the molecule is CN=C(NCC1(CS(C)(=O)=O)CC1)N1CCC(OCC2CCCCO2)CC1.I. The summed E-state index contributed by atoms with van der Waals surface area (Å²) in [6.07, 6.45) is 9.36. The lowest BCUT2D eigenvalue weighted by Gasteiger charge is -2.35. The number of hydrogen-bond donors (Lipinski definition) is 1. The number of guanidine groups is 1. The van der Waals surface area contributed by atoms with Gasteiger partial charge >= 0.3 is 0 Å². The predicted octanol–water partition coefficient (Wildman–Crippen LogP) is 2.05. The van der Waals surface area contributed by atoms with E-state index in [0.717, 1.165) is 57.8 Å². The molecule has 0 aromatic carbocycles. The summed E-state index contributed by atoms with van der Waals surface area (Å²) in [5.74, 6) is 1.15. The molecule has 0 spiro atoms. The quantitative estimate of drug-likeness (QED) is 0.309. The Labute approximate surface area is 186 Å². The number of nitrogens with zero attached hydrogens (tertiary/aromatic N) is 2. The molecule has 2 saturated heterocycles. The number of rotatable bonds is 7. The van der Waals surface area contributed by atoms with Gasteiger partial charge in [-0.1, -0.05) is 0 Å². The van der Waals surface area contributed by atoms with Crippen molar-refractivity contribution in [1.29, 1.82) is 0 Å². The maximum atomic E-state index is 11.6. The summed E-state index contributed by atoms with van der Waals surface area (Å²) in [4.78, 5) is 6.66. The maximum absolute atomic E-state index is 11.6. The van der Waals surface area contributed by atoms with E-state index < -0.39 is 9.84 Å². The van der Waals surface area contributed by atoms with Crippen molar-refractivity contribution in [3.05, 3.63) is 0 Å². The van der Waals surface area contributed by atoms with Crippen molar-refractivity contribution in [2.24, 2.45) is 10.4 Å². The largest absolute Gasteiger partial charge is 0.376 e. The van der Waals surface area contributed by atoms with E-state index >= 15 is 0 Å². The summed E-state index contributed by atoms with van der Waals surface area (Å²) < 4.78 is 35.1. The van der Waals surface area contributed by atoms with Crippen LogP contribution < -0.4 is 5.32 Å². The molecule has 7 nitrogen and oxygen atoms in total. The van der Waals surface area contributed by atoms with Crippen molar-refractivity contribution >= 4 is 39.8 Å². The molecule has 3 rings (SSSR count). The molecule has 9 heteroatoms. The van der Waals surface area contributed by atoms with Gasteiger partial charge in [-0.05, 0) is 44.9 Å². The molecule has 2 heterocycles. The first-order valence-electron chi connectivity index (χ1n) is 10.3. The number of ether oxygens (including phenoxy) is 2. The first-order chi connectivity index (χ1) is 12.9. The van der Waals surface area contributed by atoms with Crippen LogP contribution in [0.2, 0.25) is 0 Å². The Kier molecular flexibility index (Phi) is 9.28. The van der Waals surface area contributed by atoms with E-state index in [1.165, 1.54) is 19.1 Å². The molecule has 1 N–H and O–H groups in total. The van der Waals surface area contributed by atoms with Gasteiger partial charge in [0.05, 0.1) is 24.6 Å². The molecule has 1 unspecified atom stereocenters. The number of likely N-dealkylation sites (tertiary alicyclic amines) is 1. The van der Waals surface area contributed by atoms with E-state index in [2.05, 4.69) is 15.2 Å². The first kappa shape index (κ1) is 24.1. The van der Waals surface area contributed by atoms with Crippen molar-refractivity contribution in [3.63, 3.8) is 0 Å². The van der Waals surface area contributed by atoms with Crippen molar-refractivity contribution in [1.82, 2.24) is 10.2 Å². The van der Waals surface area contributed by atoms with Gasteiger partial charge in [-0.15, -0.1) is 24.0 Å². The van der Waals surface area contributed by atoms with Crippen LogP contribution in [0.5, 0.6) is 0 Å². The van der Waals surface area contributed by atoms with Gasteiger partial charge in [0.1, 0.15) is 9.84 Å². The highest BCUT2D eigenvalue weighted by Crippen LogP contribution is 2.46. The van der Waals surface area contributed by atoms with Gasteiger partial charge < -0.3 is 19.7 Å². The highest BCUT2D eigenvalue weighted by molar-refractivity contribution is 14.0. The van der Waals surface area contributed by atoms with E-state index in [1.807, 2.05) is 0 Å². The zero-order valence-corrected chi connectivity index (χ0v) is 20.3. The molecule has 0 bridgehead atoms. The summed E-state index contributed by atoms with van der Waals surface area (Å²) in [5.41, 5.74) is -0.0923. The zero-order valence-electron chi connectivity index (χ0n) is 17.2. The third kappa shape index (κ3) is 7.60. The zero-order chi connectivity index (χ0) is 19.3. The molecule has 3 aliphatic rings. The second kappa shape index (κ2) is 10.8. The third-order valence-electron chi connectivity index (χ3n) is 5.89. The Hall–Kier alpha value is -0.130. The minimum atomic E-state index is -2.94. The molecule has 1 saturated carbocycles. The van der Waals surface area contributed by atoms with Crippen LogP contribution in [0, 0.1) is 5.41 Å². The van der Waals surface area contributed by atoms with Gasteiger partial charge in [-0.3, -0.25) is 4.99 Å². The summed E-state index contributed by atoms with van der Waals surface area (Å²) in [7, 11) is -1.15. The average Bonchev–Trinajstić information content (AvgIpc) is 3.40. The van der Waals surface area contributed by atoms with Crippen LogP contribution in [0.1, 0.15) is 44.9 Å². The van der Waals surface area contributed by atoms with Gasteiger partial charge in [0.25, 0.3) is 0 Å². The number of aliphatic imine (C=N–C) groups is 1. The summed E-state index contributed by atoms with van der Waals surface area (Å²) >= 11 is 0. The fourth-order valence-electron chi connectivity index (χ4n) is 4.12. The van der Waals surface area contributed by atoms with Gasteiger partial charge in [-0.25, -0.2) is 8.42 Å². The van der Waals surface area contributed by atoms with Crippen molar-refractivity contribution in [3.8, 4) is 0 Å². The Morgan fingerprint density at radius 2 is 1.96 bits per heavy atom. The Bertz CT molecular complexity index is 611. The molecule has 3 fully saturated rings. The molecule has 0 aromatic rings. The van der Waals surface area contributed by atoms with E-state index in [4.69, 9.17) is 9.47 Å². The van der Waals surface area contributed by atoms with E-state index in [1.54, 1.807) is 7.05 Å². The second-order valence-electron chi connectivity index (χ2n) is 8.48. The van der Waals surface area contributed by atoms with Crippen LogP contribution in [0.4, 0.5) is 0 Å². The third-order valence-corrected chi connectivity index (χ3v) is 7.03. The van der Waals surface area contributed by atoms with E-state index in [-0.39, 0.29) is 41.2 Å². The number of hydrogen-bond acceptors (Lipinski definition) is 5. The summed E-state index contributed by atoms with van der Waals surface area (Å²) in [5, 5.41) is 3.41. The molecule has 164 valence electrons. The standard InChI is InChI=1S/C19H35N3O4S.HI/c1-20-18(21-14-19(8-9-19)15-27(2,23)24)22-10-6-16(7-11-22)26-13-17-5-3-4-12-25-17;/h16-17H,3-15H2,1-2H3,(H,20,21);1H. The number of sulfone groups is 1. The van der Waals surface area contributed by atoms with Crippen LogP contribution in [0.25, 0.3) is 0 Å². The lowest BCUT2D eigenvalue weighted by Crippen LogP contribution is -2.48. The van der Waals surface area contributed by atoms with E-state index in [9.17, 15) is 8.42 Å². The van der Waals surface area contributed by atoms with Gasteiger partial charge in [0.2, 0.25) is 0 Å². The molecular formula is C19H36IN3O4S. The topological polar surface area (TPSA) is 80.2 Å². The van der Waals surface area contributed by atoms with Crippen LogP contribution >= 0.6 is 24.0 Å². The van der Waals surface area contributed by atoms with Gasteiger partial charge in [-0.2, -0.15) is 0 Å². The Balaban J connectivity index is 0.00000280. The van der Waals surface area contributed by atoms with Crippen LogP contribution in [0.15, 0.2) is 4.99 Å². The molecule has 28 heavy (non-hydrogen) atoms. The monoisotopic (exact) mass is 529 g/mol. The number of halogens is 1. The van der Waals surface area contributed by atoms with Crippen LogP contribution in [-0.2, 0) is 19.3 Å². The number of piperidine rings is 1. The van der Waals surface area contributed by atoms with Crippen molar-refractivity contribution in [2.75, 3.05) is 51.9 Å². The van der Waals surface area contributed by atoms with Crippen LogP contribution in [0.3, 0.4) is 0 Å². The lowest BCUT2D eigenvalue weighted by atomic mass is 10.1. The van der Waals surface area contributed by atoms with Crippen LogP contribution in [-0.4, -0.2) is 83.4 Å². The van der Waals surface area contributed by atoms with Gasteiger partial charge in [0.15, 0.2) is 5.96 Å². The Morgan fingerprint density at radius 3 is 2.50 bits per heavy atom. The smallest absolute Gasteiger partial charge is 0.193 e. The normalized spacial score (nSPS) is 25.9. The lowest BCUT2D eigenvalue weighted by molar-refractivity contribution is -0.0721. The fourth-order valence-corrected chi connectivity index (χ4v) is 5.62. The minimum Gasteiger partial charge on any atom is -0.376 e. The van der Waals surface area contributed by atoms with Crippen molar-refractivity contribution in [2.45, 2.75) is 57.2 Å². The second-order valence-corrected chi connectivity index (χ2v) is 10.6. The average molecular weight is 529 g/mol. The number of nitrogens with one attached hydrogen (secondary N) is 1. The molecule has 2 aliphatic heterocycles. The highest BCUT2D eigenvalue weighted by Gasteiger charge is 2.45. The molecule has 1 atom stereocenters. The molecule has 1 aliphatic carbocycles. The summed E-state index contributed by atoms with van der Waals surface area (Å²) in [6, 6.07) is 0. The fraction of sp³-hybridized carbons (Fsp3) is 0.947. The molecule has 0 radical (unpaired) electrons. The molecular weight excluding hydrogens is 493 g/mol. The summed E-state index contributed by atoms with van der Waals surface area (Å²) in [6.45, 7) is 4.09. The molecule has 0 aromatic heterocycles. The van der Waals surface area contributed by atoms with Crippen molar-refractivity contribution < 1.29 is 17.9 Å². The first-order valence-corrected chi connectivity index (χ1v) is 12.3. The minimum absolute atomic E-state index is 0. The van der Waals surface area contributed by atoms with E-state index in [0.29, 0.717) is 19.3 Å². The predicted molar refractivity (Wildman–Crippen MR) is 122 cm³/mol. The highest BCUT2D eigenvalue weighted by atomic mass is 127. The maximum Gasteiger partial charge on any atom is 0.193 e.